The number of rotatable bonds is 14. The minimum absolute atomic E-state index is 0.0351. The molecule has 1 aliphatic heterocycles. The Bertz CT molecular complexity index is 2120. The smallest absolute Gasteiger partial charge is 0.306 e. The van der Waals surface area contributed by atoms with Gasteiger partial charge in [0.25, 0.3) is 18.3 Å². The summed E-state index contributed by atoms with van der Waals surface area (Å²) in [5, 5.41) is 7.74. The van der Waals surface area contributed by atoms with Gasteiger partial charge in [0.05, 0.1) is 29.4 Å². The SMILES string of the molecule is C=C(F)n1cc(-c2ccc([C@@]3(CC(C)(C)F)N=C(N)N([C@H](COC(=O)CC4(C(C)(F)F)CC4)c4ccc(Cl)c(-n5ncnc5C(F)F)c4)C3=O)cc2)cn1. The molecule has 11 nitrogen and oxygen atoms in total. The molecule has 6 rings (SSSR count). The molecule has 2 aliphatic rings. The van der Waals surface area contributed by atoms with Crippen molar-refractivity contribution >= 4 is 35.4 Å². The maximum atomic E-state index is 15.7. The molecule has 1 fully saturated rings. The van der Waals surface area contributed by atoms with Crippen molar-refractivity contribution in [2.75, 3.05) is 6.61 Å². The molecule has 2 atom stereocenters. The van der Waals surface area contributed by atoms with E-state index in [1.165, 1.54) is 56.6 Å². The second kappa shape index (κ2) is 13.9. The van der Waals surface area contributed by atoms with E-state index < -0.39 is 84.1 Å². The van der Waals surface area contributed by atoms with Crippen LogP contribution in [0.25, 0.3) is 22.8 Å². The number of esters is 1. The second-order valence-corrected chi connectivity index (χ2v) is 14.5. The molecule has 2 aromatic heterocycles. The Morgan fingerprint density at radius 2 is 1.76 bits per heavy atom. The van der Waals surface area contributed by atoms with Crippen molar-refractivity contribution in [3.05, 3.63) is 89.7 Å². The van der Waals surface area contributed by atoms with Crippen LogP contribution in [0.5, 0.6) is 0 Å². The third kappa shape index (κ3) is 7.32. The zero-order valence-electron chi connectivity index (χ0n) is 29.2. The number of guanidine groups is 1. The average molecular weight is 777 g/mol. The molecule has 54 heavy (non-hydrogen) atoms. The van der Waals surface area contributed by atoms with E-state index >= 15 is 4.39 Å². The fourth-order valence-electron chi connectivity index (χ4n) is 6.68. The molecule has 18 heteroatoms. The summed E-state index contributed by atoms with van der Waals surface area (Å²) in [5.74, 6) is -6.90. The topological polar surface area (TPSA) is 134 Å². The number of amides is 1. The van der Waals surface area contributed by atoms with Crippen LogP contribution >= 0.6 is 11.6 Å². The Kier molecular flexibility index (Phi) is 9.92. The summed E-state index contributed by atoms with van der Waals surface area (Å²) in [6.07, 6.45) is -0.228. The van der Waals surface area contributed by atoms with Gasteiger partial charge in [-0.15, -0.1) is 0 Å². The van der Waals surface area contributed by atoms with E-state index in [1.54, 1.807) is 12.1 Å². The van der Waals surface area contributed by atoms with Crippen LogP contribution in [0.2, 0.25) is 5.02 Å². The number of aliphatic imine (C=N–C) groups is 1. The van der Waals surface area contributed by atoms with E-state index in [4.69, 9.17) is 22.1 Å². The first kappa shape index (κ1) is 38.5. The van der Waals surface area contributed by atoms with Crippen LogP contribution in [-0.2, 0) is 19.9 Å². The molecule has 1 aliphatic carbocycles. The Labute approximate surface area is 310 Å². The molecule has 2 aromatic carbocycles. The van der Waals surface area contributed by atoms with Gasteiger partial charge in [0, 0.05) is 23.6 Å². The highest BCUT2D eigenvalue weighted by Gasteiger charge is 2.60. The number of nitrogens with two attached hydrogens (primary N) is 1. The molecule has 0 radical (unpaired) electrons. The summed E-state index contributed by atoms with van der Waals surface area (Å²) in [4.78, 5) is 37.0. The maximum absolute atomic E-state index is 15.7. The number of aromatic nitrogens is 5. The number of nitrogens with zero attached hydrogens (tertiary/aromatic N) is 7. The summed E-state index contributed by atoms with van der Waals surface area (Å²) in [5.41, 5.74) is 2.32. The van der Waals surface area contributed by atoms with Crippen LogP contribution < -0.4 is 5.73 Å². The summed E-state index contributed by atoms with van der Waals surface area (Å²) >= 11 is 6.42. The van der Waals surface area contributed by atoms with Gasteiger partial charge in [0.15, 0.2) is 17.3 Å². The van der Waals surface area contributed by atoms with Gasteiger partial charge in [-0.25, -0.2) is 41.3 Å². The minimum atomic E-state index is -3.16. The van der Waals surface area contributed by atoms with Crippen molar-refractivity contribution in [3.8, 4) is 16.8 Å². The lowest BCUT2D eigenvalue weighted by Gasteiger charge is -2.33. The normalized spacial score (nSPS) is 18.9. The molecule has 0 bridgehead atoms. The molecular weight excluding hydrogens is 742 g/mol. The monoisotopic (exact) mass is 776 g/mol. The summed E-state index contributed by atoms with van der Waals surface area (Å²) in [6, 6.07) is 9.00. The zero-order valence-corrected chi connectivity index (χ0v) is 30.0. The van der Waals surface area contributed by atoms with Crippen molar-refractivity contribution < 1.29 is 40.7 Å². The fourth-order valence-corrected chi connectivity index (χ4v) is 6.88. The Morgan fingerprint density at radius 1 is 1.07 bits per heavy atom. The van der Waals surface area contributed by atoms with Gasteiger partial charge in [0.2, 0.25) is 5.95 Å². The number of carbonyl (C=O) groups is 2. The third-order valence-corrected chi connectivity index (χ3v) is 9.98. The highest BCUT2D eigenvalue weighted by molar-refractivity contribution is 6.32. The van der Waals surface area contributed by atoms with Crippen molar-refractivity contribution in [1.29, 1.82) is 0 Å². The number of halogens is 7. The molecule has 1 amide bonds. The number of ether oxygens (including phenoxy) is 1. The van der Waals surface area contributed by atoms with Crippen LogP contribution in [0.15, 0.2) is 72.8 Å². The molecule has 286 valence electrons. The maximum Gasteiger partial charge on any atom is 0.306 e. The summed E-state index contributed by atoms with van der Waals surface area (Å²) < 4.78 is 92.9. The standard InChI is InChI=1S/C36H35ClF6N8O3/c1-20(38)49-16-23(15-46-49)21-5-8-24(9-6-21)36(18-33(2,3)41)31(53)50(32(44)48-36)27(17-54-28(52)14-35(11-12-35)34(4,42)43)22-7-10-25(37)26(13-22)51-30(29(39)40)45-19-47-51/h5-10,13,15-16,19,27,29H,1,11-12,14,17-18H2,2-4H3,(H2,44,48)/t27-,36-/m1/s1. The summed E-state index contributed by atoms with van der Waals surface area (Å²) in [7, 11) is 0. The largest absolute Gasteiger partial charge is 0.463 e. The van der Waals surface area contributed by atoms with Crippen molar-refractivity contribution in [1.82, 2.24) is 29.4 Å². The lowest BCUT2D eigenvalue weighted by Crippen LogP contribution is -2.48. The lowest BCUT2D eigenvalue weighted by atomic mass is 9.80. The van der Waals surface area contributed by atoms with E-state index in [0.717, 1.165) is 27.5 Å². The first-order chi connectivity index (χ1) is 25.2. The first-order valence-corrected chi connectivity index (χ1v) is 17.0. The third-order valence-electron chi connectivity index (χ3n) is 9.66. The molecule has 1 saturated carbocycles. The van der Waals surface area contributed by atoms with Crippen LogP contribution in [0, 0.1) is 5.41 Å². The van der Waals surface area contributed by atoms with Gasteiger partial charge in [-0.3, -0.25) is 14.5 Å². The fraction of sp³-hybridized carbons (Fsp3) is 0.389. The van der Waals surface area contributed by atoms with Crippen LogP contribution in [-0.4, -0.2) is 65.5 Å². The van der Waals surface area contributed by atoms with Gasteiger partial charge in [-0.1, -0.05) is 41.9 Å². The minimum Gasteiger partial charge on any atom is -0.463 e. The predicted molar refractivity (Wildman–Crippen MR) is 186 cm³/mol. The van der Waals surface area contributed by atoms with Gasteiger partial charge in [-0.2, -0.15) is 14.6 Å². The van der Waals surface area contributed by atoms with E-state index in [1.807, 2.05) is 0 Å². The molecule has 2 N–H and O–H groups in total. The number of carbonyl (C=O) groups excluding carboxylic acids is 2. The zero-order chi connectivity index (χ0) is 39.4. The molecule has 4 aromatic rings. The van der Waals surface area contributed by atoms with Gasteiger partial charge >= 0.3 is 5.97 Å². The average Bonchev–Trinajstić information content (AvgIpc) is 3.40. The van der Waals surface area contributed by atoms with Gasteiger partial charge < -0.3 is 10.5 Å². The van der Waals surface area contributed by atoms with E-state index in [-0.39, 0.29) is 34.7 Å². The Morgan fingerprint density at radius 3 is 2.33 bits per heavy atom. The lowest BCUT2D eigenvalue weighted by molar-refractivity contribution is -0.153. The molecule has 0 spiro atoms. The van der Waals surface area contributed by atoms with Crippen LogP contribution in [0.1, 0.15) is 75.9 Å². The highest BCUT2D eigenvalue weighted by atomic mass is 35.5. The van der Waals surface area contributed by atoms with Crippen molar-refractivity contribution in [2.24, 2.45) is 16.1 Å². The van der Waals surface area contributed by atoms with Crippen LogP contribution in [0.4, 0.5) is 26.3 Å². The number of hydrogen-bond acceptors (Lipinski definition) is 8. The van der Waals surface area contributed by atoms with E-state index in [0.29, 0.717) is 11.1 Å². The van der Waals surface area contributed by atoms with Crippen LogP contribution in [0.3, 0.4) is 0 Å². The quantitative estimate of drug-likeness (QED) is 0.102. The predicted octanol–water partition coefficient (Wildman–Crippen LogP) is 7.72. The van der Waals surface area contributed by atoms with Gasteiger partial charge in [0.1, 0.15) is 18.6 Å². The molecule has 0 unspecified atom stereocenters. The molecule has 0 saturated heterocycles. The van der Waals surface area contributed by atoms with Crippen molar-refractivity contribution in [3.63, 3.8) is 0 Å². The molecular formula is C36H35ClF6N8O3. The first-order valence-electron chi connectivity index (χ1n) is 16.6. The Hall–Kier alpha value is -5.19. The Balaban J connectivity index is 1.40. The van der Waals surface area contributed by atoms with Gasteiger partial charge in [-0.05, 0) is 69.0 Å². The second-order valence-electron chi connectivity index (χ2n) is 14.1. The number of benzene rings is 2. The van der Waals surface area contributed by atoms with E-state index in [9.17, 15) is 31.5 Å². The highest BCUT2D eigenvalue weighted by Crippen LogP contribution is 2.59. The molecule has 3 heterocycles. The summed E-state index contributed by atoms with van der Waals surface area (Å²) in [6.45, 7) is 5.80. The number of hydrogen-bond donors (Lipinski definition) is 1. The number of alkyl halides is 5. The van der Waals surface area contributed by atoms with E-state index in [2.05, 4.69) is 26.8 Å². The van der Waals surface area contributed by atoms with Crippen molar-refractivity contribution in [2.45, 2.75) is 76.1 Å².